The lowest BCUT2D eigenvalue weighted by molar-refractivity contribution is -0.0455. The molecule has 0 amide bonds. The van der Waals surface area contributed by atoms with Gasteiger partial charge in [-0.05, 0) is 33.0 Å². The third kappa shape index (κ3) is 3.84. The summed E-state index contributed by atoms with van der Waals surface area (Å²) in [7, 11) is -2.38. The van der Waals surface area contributed by atoms with Gasteiger partial charge in [0.05, 0.1) is 10.8 Å². The molecule has 1 aromatic rings. The summed E-state index contributed by atoms with van der Waals surface area (Å²) < 4.78 is 26.4. The molecule has 0 radical (unpaired) electrons. The number of hydrogen-bond donors (Lipinski definition) is 2. The van der Waals surface area contributed by atoms with Gasteiger partial charge in [0.25, 0.3) is 0 Å². The zero-order valence-electron chi connectivity index (χ0n) is 13.6. The highest BCUT2D eigenvalue weighted by atomic mass is 35.5. The molecule has 10 heteroatoms. The average Bonchev–Trinajstić information content (AvgIpc) is 2.85. The van der Waals surface area contributed by atoms with Crippen molar-refractivity contribution in [2.45, 2.75) is 24.5 Å². The summed E-state index contributed by atoms with van der Waals surface area (Å²) in [6.07, 6.45) is 0. The number of amidine groups is 1. The van der Waals surface area contributed by atoms with Crippen LogP contribution in [0.4, 0.5) is 0 Å². The van der Waals surface area contributed by atoms with Crippen molar-refractivity contribution in [3.05, 3.63) is 28.8 Å². The van der Waals surface area contributed by atoms with E-state index in [4.69, 9.17) is 11.6 Å². The number of aliphatic hydroxyl groups is 1. The summed E-state index contributed by atoms with van der Waals surface area (Å²) >= 11 is 7.47. The molecule has 1 fully saturated rings. The molecular weight excluding hydrogens is 393 g/mol. The predicted molar refractivity (Wildman–Crippen MR) is 102 cm³/mol. The van der Waals surface area contributed by atoms with Gasteiger partial charge in [-0.3, -0.25) is 4.99 Å². The van der Waals surface area contributed by atoms with Crippen LogP contribution in [0, 0.1) is 0 Å². The number of rotatable bonds is 5. The monoisotopic (exact) mass is 413 g/mol. The van der Waals surface area contributed by atoms with Crippen molar-refractivity contribution in [2.24, 2.45) is 4.99 Å². The molecule has 0 saturated carbocycles. The molecule has 0 aromatic heterocycles. The molecule has 0 spiro atoms. The van der Waals surface area contributed by atoms with Gasteiger partial charge in [-0.25, -0.2) is 13.1 Å². The van der Waals surface area contributed by atoms with Crippen LogP contribution in [0.15, 0.2) is 28.1 Å². The molecule has 1 aromatic carbocycles. The van der Waals surface area contributed by atoms with Gasteiger partial charge in [-0.1, -0.05) is 29.4 Å². The maximum absolute atomic E-state index is 12.1. The van der Waals surface area contributed by atoms with Crippen LogP contribution in [-0.2, 0) is 15.7 Å². The molecule has 1 aliphatic heterocycles. The molecule has 0 aliphatic carbocycles. The fourth-order valence-corrected chi connectivity index (χ4v) is 5.01. The van der Waals surface area contributed by atoms with Gasteiger partial charge in [-0.2, -0.15) is 0 Å². The summed E-state index contributed by atoms with van der Waals surface area (Å²) in [5.74, 6) is 0.375. The second-order valence-electron chi connectivity index (χ2n) is 4.96. The number of aliphatic imine (C=N–C) groups is 1. The van der Waals surface area contributed by atoms with Crippen molar-refractivity contribution < 1.29 is 13.5 Å². The number of benzene rings is 1. The summed E-state index contributed by atoms with van der Waals surface area (Å²) in [5.41, 5.74) is -0.831. The highest BCUT2D eigenvalue weighted by molar-refractivity contribution is 8.14. The Balaban J connectivity index is 0.00000288. The Bertz CT molecular complexity index is 728. The first-order valence-electron chi connectivity index (χ1n) is 7.21. The van der Waals surface area contributed by atoms with Gasteiger partial charge < -0.3 is 10.0 Å². The van der Waals surface area contributed by atoms with Crippen LogP contribution in [0.2, 0.25) is 5.02 Å². The number of hydrogen-bond acceptors (Lipinski definition) is 5. The molecule has 1 aliphatic rings. The second-order valence-corrected chi connectivity index (χ2v) is 8.16. The van der Waals surface area contributed by atoms with E-state index in [-0.39, 0.29) is 22.3 Å². The Morgan fingerprint density at radius 2 is 2.12 bits per heavy atom. The van der Waals surface area contributed by atoms with E-state index in [0.29, 0.717) is 24.4 Å². The van der Waals surface area contributed by atoms with Crippen LogP contribution in [0.1, 0.15) is 19.4 Å². The van der Waals surface area contributed by atoms with E-state index in [1.165, 1.54) is 30.9 Å². The van der Waals surface area contributed by atoms with Gasteiger partial charge >= 0.3 is 0 Å². The number of nitrogens with one attached hydrogen (secondary N) is 1. The van der Waals surface area contributed by atoms with Gasteiger partial charge in [0.15, 0.2) is 10.9 Å². The van der Waals surface area contributed by atoms with Crippen molar-refractivity contribution in [3.63, 3.8) is 0 Å². The zero-order valence-corrected chi connectivity index (χ0v) is 16.8. The minimum absolute atomic E-state index is 0. The minimum Gasteiger partial charge on any atom is -0.366 e. The topological polar surface area (TPSA) is 82.0 Å². The molecule has 2 N–H and O–H groups in total. The fourth-order valence-electron chi connectivity index (χ4n) is 2.45. The maximum Gasteiger partial charge on any atom is 0.241 e. The van der Waals surface area contributed by atoms with Crippen molar-refractivity contribution >= 4 is 51.0 Å². The molecule has 1 unspecified atom stereocenters. The van der Waals surface area contributed by atoms with Crippen LogP contribution < -0.4 is 4.72 Å². The van der Waals surface area contributed by atoms with E-state index in [2.05, 4.69) is 9.71 Å². The van der Waals surface area contributed by atoms with Crippen LogP contribution in [0.5, 0.6) is 0 Å². The quantitative estimate of drug-likeness (QED) is 0.773. The highest BCUT2D eigenvalue weighted by Gasteiger charge is 2.44. The van der Waals surface area contributed by atoms with E-state index < -0.39 is 15.7 Å². The number of halogens is 2. The summed E-state index contributed by atoms with van der Waals surface area (Å²) in [6.45, 7) is 5.02. The Morgan fingerprint density at radius 1 is 1.46 bits per heavy atom. The Morgan fingerprint density at radius 3 is 2.67 bits per heavy atom. The second kappa shape index (κ2) is 8.25. The third-order valence-electron chi connectivity index (χ3n) is 3.64. The lowest BCUT2D eigenvalue weighted by atomic mass is 10.0. The van der Waals surface area contributed by atoms with E-state index in [0.717, 1.165) is 5.17 Å². The highest BCUT2D eigenvalue weighted by Crippen LogP contribution is 2.40. The lowest BCUT2D eigenvalue weighted by Gasteiger charge is -2.34. The maximum atomic E-state index is 12.1. The first-order chi connectivity index (χ1) is 10.8. The van der Waals surface area contributed by atoms with E-state index in [1.807, 2.05) is 13.8 Å². The Labute approximate surface area is 158 Å². The normalized spacial score (nSPS) is 22.7. The molecule has 1 saturated heterocycles. The van der Waals surface area contributed by atoms with Crippen LogP contribution in [0.25, 0.3) is 0 Å². The smallest absolute Gasteiger partial charge is 0.241 e. The van der Waals surface area contributed by atoms with Gasteiger partial charge in [0.2, 0.25) is 10.0 Å². The minimum atomic E-state index is -3.70. The standard InChI is InChI=1S/C14H20ClN3O3S2.ClH/c1-4-17-13-18(5-2)14(19,9-22-13)10-6-7-11(15)12(8-10)23(20,21)16-3;/h6-8,16,19H,4-5,9H2,1-3H3;1H. The van der Waals surface area contributed by atoms with Crippen molar-refractivity contribution in [1.82, 2.24) is 9.62 Å². The third-order valence-corrected chi connectivity index (χ3v) is 6.69. The summed E-state index contributed by atoms with van der Waals surface area (Å²) in [5, 5.41) is 12.0. The molecular formula is C14H21Cl2N3O3S2. The van der Waals surface area contributed by atoms with Gasteiger partial charge in [-0.15, -0.1) is 12.4 Å². The number of nitrogens with zero attached hydrogens (tertiary/aromatic N) is 2. The first kappa shape index (κ1) is 21.5. The Kier molecular flexibility index (Phi) is 7.40. The molecule has 1 atom stereocenters. The molecule has 1 heterocycles. The number of thioether (sulfide) groups is 1. The van der Waals surface area contributed by atoms with Gasteiger partial charge in [0, 0.05) is 18.7 Å². The largest absolute Gasteiger partial charge is 0.366 e. The molecule has 136 valence electrons. The number of sulfonamides is 1. The van der Waals surface area contributed by atoms with Crippen LogP contribution >= 0.6 is 35.8 Å². The van der Waals surface area contributed by atoms with E-state index in [9.17, 15) is 13.5 Å². The van der Waals surface area contributed by atoms with E-state index >= 15 is 0 Å². The lowest BCUT2D eigenvalue weighted by Crippen LogP contribution is -2.45. The Hall–Kier alpha value is -0.510. The molecule has 6 nitrogen and oxygen atoms in total. The van der Waals surface area contributed by atoms with Crippen molar-refractivity contribution in [1.29, 1.82) is 0 Å². The van der Waals surface area contributed by atoms with Gasteiger partial charge in [0.1, 0.15) is 4.90 Å². The molecule has 24 heavy (non-hydrogen) atoms. The van der Waals surface area contributed by atoms with Crippen LogP contribution in [-0.4, -0.2) is 49.5 Å². The predicted octanol–water partition coefficient (Wildman–Crippen LogP) is 2.26. The first-order valence-corrected chi connectivity index (χ1v) is 10.1. The summed E-state index contributed by atoms with van der Waals surface area (Å²) in [6, 6.07) is 4.56. The van der Waals surface area contributed by atoms with Crippen molar-refractivity contribution in [2.75, 3.05) is 25.9 Å². The van der Waals surface area contributed by atoms with Crippen molar-refractivity contribution in [3.8, 4) is 0 Å². The molecule has 0 bridgehead atoms. The summed E-state index contributed by atoms with van der Waals surface area (Å²) in [4.78, 5) is 6.12. The average molecular weight is 414 g/mol. The SMILES string of the molecule is CCN=C1SCC(O)(c2ccc(Cl)c(S(=O)(=O)NC)c2)N1CC.Cl. The molecule has 2 rings (SSSR count). The van der Waals surface area contributed by atoms with E-state index in [1.54, 1.807) is 11.0 Å². The van der Waals surface area contributed by atoms with Crippen LogP contribution in [0.3, 0.4) is 0 Å². The fraction of sp³-hybridized carbons (Fsp3) is 0.500. The zero-order chi connectivity index (χ0) is 17.3.